The molecule has 4 heteroatoms. The highest BCUT2D eigenvalue weighted by molar-refractivity contribution is 7.98. The minimum Gasteiger partial charge on any atom is -0.326 e. The van der Waals surface area contributed by atoms with Crippen LogP contribution in [0.25, 0.3) is 0 Å². The zero-order valence-electron chi connectivity index (χ0n) is 12.4. The van der Waals surface area contributed by atoms with Crippen molar-refractivity contribution in [3.63, 3.8) is 0 Å². The molecule has 1 saturated carbocycles. The van der Waals surface area contributed by atoms with Crippen LogP contribution < -0.4 is 5.32 Å². The lowest BCUT2D eigenvalue weighted by Crippen LogP contribution is -2.44. The number of hydrogen-bond donors (Lipinski definition) is 1. The van der Waals surface area contributed by atoms with E-state index >= 15 is 0 Å². The molecular weight excluding hydrogens is 256 g/mol. The number of thioether (sulfide) groups is 1. The summed E-state index contributed by atoms with van der Waals surface area (Å²) in [7, 11) is 0. The summed E-state index contributed by atoms with van der Waals surface area (Å²) in [6.45, 7) is 3.08. The average molecular weight is 284 g/mol. The van der Waals surface area contributed by atoms with Crippen LogP contribution in [0.5, 0.6) is 0 Å². The molecule has 0 aromatic carbocycles. The number of nitrogens with zero attached hydrogens (tertiary/aromatic N) is 1. The molecule has 3 nitrogen and oxygen atoms in total. The maximum absolute atomic E-state index is 12.6. The van der Waals surface area contributed by atoms with Crippen molar-refractivity contribution >= 4 is 17.7 Å². The second-order valence-corrected chi connectivity index (χ2v) is 7.00. The van der Waals surface area contributed by atoms with Crippen molar-refractivity contribution < 1.29 is 4.79 Å². The van der Waals surface area contributed by atoms with Crippen molar-refractivity contribution in [2.75, 3.05) is 18.6 Å². The molecule has 0 radical (unpaired) electrons. The molecule has 0 aromatic heterocycles. The maximum atomic E-state index is 12.6. The first kappa shape index (κ1) is 15.2. The second-order valence-electron chi connectivity index (χ2n) is 6.02. The summed E-state index contributed by atoms with van der Waals surface area (Å²) in [5.41, 5.74) is -0.182. The first-order chi connectivity index (χ1) is 9.19. The third kappa shape index (κ3) is 3.46. The lowest BCUT2D eigenvalue weighted by atomic mass is 9.98. The largest absolute Gasteiger partial charge is 0.326 e. The first-order valence-corrected chi connectivity index (χ1v) is 9.17. The normalized spacial score (nSPS) is 25.7. The van der Waals surface area contributed by atoms with Gasteiger partial charge in [-0.25, -0.2) is 0 Å². The van der Waals surface area contributed by atoms with E-state index < -0.39 is 0 Å². The lowest BCUT2D eigenvalue weighted by Gasteiger charge is -2.22. The molecule has 2 rings (SSSR count). The monoisotopic (exact) mass is 284 g/mol. The number of nitrogens with one attached hydrogen (secondary N) is 1. The van der Waals surface area contributed by atoms with E-state index in [1.807, 2.05) is 11.8 Å². The smallest absolute Gasteiger partial charge is 0.244 e. The zero-order chi connectivity index (χ0) is 13.7. The quantitative estimate of drug-likeness (QED) is 0.729. The van der Waals surface area contributed by atoms with Gasteiger partial charge in [0.25, 0.3) is 0 Å². The highest BCUT2D eigenvalue weighted by atomic mass is 32.2. The predicted octanol–water partition coefficient (Wildman–Crippen LogP) is 3.00. The molecular formula is C15H28N2OS. The Bertz CT molecular complexity index is 303. The molecule has 1 saturated heterocycles. The molecule has 2 aliphatic rings. The molecule has 1 aliphatic heterocycles. The number of carbonyl (C=O) groups excluding carboxylic acids is 1. The SMILES string of the molecule is CSCCCCCCN1C(=O)C2(CCCC2)NC1C. The van der Waals surface area contributed by atoms with E-state index in [0.29, 0.717) is 5.91 Å². The summed E-state index contributed by atoms with van der Waals surface area (Å²) >= 11 is 1.92. The zero-order valence-corrected chi connectivity index (χ0v) is 13.2. The van der Waals surface area contributed by atoms with Crippen molar-refractivity contribution in [2.24, 2.45) is 0 Å². The van der Waals surface area contributed by atoms with Crippen LogP contribution in [0.1, 0.15) is 58.3 Å². The van der Waals surface area contributed by atoms with Crippen LogP contribution in [0.4, 0.5) is 0 Å². The molecule has 1 atom stereocenters. The minimum atomic E-state index is -0.182. The number of hydrogen-bond acceptors (Lipinski definition) is 3. The topological polar surface area (TPSA) is 32.3 Å². The van der Waals surface area contributed by atoms with Crippen LogP contribution in [0, 0.1) is 0 Å². The van der Waals surface area contributed by atoms with Gasteiger partial charge in [0.05, 0.1) is 11.7 Å². The standard InChI is InChI=1S/C15H28N2OS/c1-13-16-15(9-5-6-10-15)14(18)17(13)11-7-3-4-8-12-19-2/h13,16H,3-12H2,1-2H3. The summed E-state index contributed by atoms with van der Waals surface area (Å²) in [5, 5.41) is 3.56. The van der Waals surface area contributed by atoms with Gasteiger partial charge in [-0.2, -0.15) is 11.8 Å². The molecule has 2 fully saturated rings. The number of rotatable bonds is 7. The fraction of sp³-hybridized carbons (Fsp3) is 0.933. The van der Waals surface area contributed by atoms with Gasteiger partial charge < -0.3 is 4.90 Å². The Morgan fingerprint density at radius 2 is 1.95 bits per heavy atom. The van der Waals surface area contributed by atoms with Crippen LogP contribution >= 0.6 is 11.8 Å². The molecule has 0 aromatic rings. The molecule has 19 heavy (non-hydrogen) atoms. The second kappa shape index (κ2) is 6.98. The van der Waals surface area contributed by atoms with Gasteiger partial charge in [0.15, 0.2) is 0 Å². The van der Waals surface area contributed by atoms with Crippen LogP contribution in [0.15, 0.2) is 0 Å². The lowest BCUT2D eigenvalue weighted by molar-refractivity contribution is -0.133. The van der Waals surface area contributed by atoms with E-state index in [2.05, 4.69) is 23.4 Å². The van der Waals surface area contributed by atoms with Gasteiger partial charge in [-0.05, 0) is 44.6 Å². The Morgan fingerprint density at radius 1 is 1.26 bits per heavy atom. The van der Waals surface area contributed by atoms with Crippen LogP contribution in [0.3, 0.4) is 0 Å². The molecule has 1 heterocycles. The van der Waals surface area contributed by atoms with Crippen molar-refractivity contribution in [1.82, 2.24) is 10.2 Å². The Hall–Kier alpha value is -0.220. The van der Waals surface area contributed by atoms with Gasteiger partial charge >= 0.3 is 0 Å². The van der Waals surface area contributed by atoms with E-state index in [4.69, 9.17) is 0 Å². The average Bonchev–Trinajstić information content (AvgIpc) is 2.94. The molecule has 1 amide bonds. The third-order valence-corrected chi connectivity index (χ3v) is 5.27. The first-order valence-electron chi connectivity index (χ1n) is 7.77. The summed E-state index contributed by atoms with van der Waals surface area (Å²) < 4.78 is 0. The van der Waals surface area contributed by atoms with Gasteiger partial charge in [-0.3, -0.25) is 10.1 Å². The molecule has 1 N–H and O–H groups in total. The van der Waals surface area contributed by atoms with Crippen molar-refractivity contribution in [3.05, 3.63) is 0 Å². The van der Waals surface area contributed by atoms with Gasteiger partial charge in [0, 0.05) is 6.54 Å². The minimum absolute atomic E-state index is 0.182. The fourth-order valence-electron chi connectivity index (χ4n) is 3.50. The Morgan fingerprint density at radius 3 is 2.63 bits per heavy atom. The number of unbranched alkanes of at least 4 members (excludes halogenated alkanes) is 3. The Balaban J connectivity index is 1.73. The van der Waals surface area contributed by atoms with Crippen molar-refractivity contribution in [1.29, 1.82) is 0 Å². The summed E-state index contributed by atoms with van der Waals surface area (Å²) in [6, 6.07) is 0. The van der Waals surface area contributed by atoms with Gasteiger partial charge in [-0.15, -0.1) is 0 Å². The highest BCUT2D eigenvalue weighted by Gasteiger charge is 2.50. The van der Waals surface area contributed by atoms with E-state index in [1.165, 1.54) is 37.9 Å². The van der Waals surface area contributed by atoms with E-state index in [9.17, 15) is 4.79 Å². The summed E-state index contributed by atoms with van der Waals surface area (Å²) in [6.07, 6.45) is 11.9. The van der Waals surface area contributed by atoms with Crippen molar-refractivity contribution in [3.8, 4) is 0 Å². The molecule has 1 spiro atoms. The molecule has 1 aliphatic carbocycles. The van der Waals surface area contributed by atoms with Crippen LogP contribution in [-0.4, -0.2) is 41.1 Å². The maximum Gasteiger partial charge on any atom is 0.244 e. The Kier molecular flexibility index (Phi) is 5.58. The highest BCUT2D eigenvalue weighted by Crippen LogP contribution is 2.36. The summed E-state index contributed by atoms with van der Waals surface area (Å²) in [5.74, 6) is 1.64. The van der Waals surface area contributed by atoms with Crippen LogP contribution in [-0.2, 0) is 4.79 Å². The van der Waals surface area contributed by atoms with E-state index in [-0.39, 0.29) is 11.7 Å². The predicted molar refractivity (Wildman–Crippen MR) is 82.4 cm³/mol. The molecule has 1 unspecified atom stereocenters. The fourth-order valence-corrected chi connectivity index (χ4v) is 4.00. The van der Waals surface area contributed by atoms with E-state index in [0.717, 1.165) is 25.8 Å². The van der Waals surface area contributed by atoms with E-state index in [1.54, 1.807) is 0 Å². The number of carbonyl (C=O) groups is 1. The third-order valence-electron chi connectivity index (χ3n) is 4.58. The van der Waals surface area contributed by atoms with Gasteiger partial charge in [0.1, 0.15) is 0 Å². The summed E-state index contributed by atoms with van der Waals surface area (Å²) in [4.78, 5) is 14.6. The molecule has 0 bridgehead atoms. The van der Waals surface area contributed by atoms with Crippen molar-refractivity contribution in [2.45, 2.75) is 70.0 Å². The van der Waals surface area contributed by atoms with Gasteiger partial charge in [0.2, 0.25) is 5.91 Å². The number of amides is 1. The molecule has 110 valence electrons. The Labute approximate surface area is 121 Å². The van der Waals surface area contributed by atoms with Gasteiger partial charge in [-0.1, -0.05) is 25.7 Å². The van der Waals surface area contributed by atoms with Crippen LogP contribution in [0.2, 0.25) is 0 Å².